The summed E-state index contributed by atoms with van der Waals surface area (Å²) in [4.78, 5) is 32.3. The van der Waals surface area contributed by atoms with Gasteiger partial charge in [0.15, 0.2) is 4.80 Å². The molecule has 0 saturated heterocycles. The molecule has 0 spiro atoms. The van der Waals surface area contributed by atoms with Crippen molar-refractivity contribution in [1.29, 1.82) is 0 Å². The van der Waals surface area contributed by atoms with Gasteiger partial charge in [0, 0.05) is 5.56 Å². The molecule has 3 aromatic carbocycles. The standard InChI is InChI=1S/C34H34N2O6S/c1-7-41-33(38)30-22(4)35-34-36(31(30)24-9-11-26(39-5)12-10-24)32(37)29(43-34)18-23-8-13-28(40-6)25(17-23)19-42-27-15-20(2)14-21(3)16-27/h8-18,31H,7,19H2,1-6H3. The number of hydrogen-bond donors (Lipinski definition) is 0. The van der Waals surface area contributed by atoms with Crippen LogP contribution in [0.4, 0.5) is 0 Å². The van der Waals surface area contributed by atoms with E-state index in [2.05, 4.69) is 11.1 Å². The number of nitrogens with zero attached hydrogens (tertiary/aromatic N) is 2. The maximum Gasteiger partial charge on any atom is 0.338 e. The number of aryl methyl sites for hydroxylation is 2. The predicted octanol–water partition coefficient (Wildman–Crippen LogP) is 5.01. The highest BCUT2D eigenvalue weighted by atomic mass is 32.1. The van der Waals surface area contributed by atoms with E-state index in [9.17, 15) is 9.59 Å². The van der Waals surface area contributed by atoms with Crippen LogP contribution in [0.5, 0.6) is 17.2 Å². The van der Waals surface area contributed by atoms with Crippen LogP contribution in [-0.4, -0.2) is 31.4 Å². The number of thiazole rings is 1. The van der Waals surface area contributed by atoms with Crippen molar-refractivity contribution in [3.05, 3.63) is 119 Å². The molecule has 5 rings (SSSR count). The van der Waals surface area contributed by atoms with Gasteiger partial charge in [-0.05, 0) is 92.4 Å². The number of ether oxygens (including phenoxy) is 4. The van der Waals surface area contributed by atoms with Crippen LogP contribution in [0.15, 0.2) is 81.7 Å². The van der Waals surface area contributed by atoms with Crippen molar-refractivity contribution in [3.8, 4) is 17.2 Å². The molecule has 4 aromatic rings. The van der Waals surface area contributed by atoms with E-state index in [-0.39, 0.29) is 12.2 Å². The Morgan fingerprint density at radius 3 is 2.33 bits per heavy atom. The van der Waals surface area contributed by atoms with Gasteiger partial charge in [0.1, 0.15) is 23.9 Å². The molecule has 0 N–H and O–H groups in total. The molecule has 2 heterocycles. The van der Waals surface area contributed by atoms with Crippen LogP contribution in [0, 0.1) is 13.8 Å². The average Bonchev–Trinajstić information content (AvgIpc) is 3.28. The van der Waals surface area contributed by atoms with Crippen molar-refractivity contribution in [2.75, 3.05) is 20.8 Å². The molecule has 1 atom stereocenters. The summed E-state index contributed by atoms with van der Waals surface area (Å²) < 4.78 is 24.5. The molecular weight excluding hydrogens is 564 g/mol. The lowest BCUT2D eigenvalue weighted by atomic mass is 9.96. The monoisotopic (exact) mass is 598 g/mol. The first-order valence-corrected chi connectivity index (χ1v) is 14.8. The highest BCUT2D eigenvalue weighted by Gasteiger charge is 2.33. The smallest absolute Gasteiger partial charge is 0.338 e. The first-order chi connectivity index (χ1) is 20.7. The van der Waals surface area contributed by atoms with Gasteiger partial charge in [-0.1, -0.05) is 35.6 Å². The zero-order valence-corrected chi connectivity index (χ0v) is 25.9. The van der Waals surface area contributed by atoms with Crippen molar-refractivity contribution in [3.63, 3.8) is 0 Å². The minimum atomic E-state index is -0.694. The molecule has 1 aliphatic heterocycles. The summed E-state index contributed by atoms with van der Waals surface area (Å²) in [6.45, 7) is 8.10. The molecule has 222 valence electrons. The Hall–Kier alpha value is -4.63. The summed E-state index contributed by atoms with van der Waals surface area (Å²) in [5, 5.41) is 0. The number of rotatable bonds is 9. The van der Waals surface area contributed by atoms with Crippen molar-refractivity contribution in [1.82, 2.24) is 4.57 Å². The van der Waals surface area contributed by atoms with E-state index in [1.807, 2.05) is 74.5 Å². The van der Waals surface area contributed by atoms with Crippen molar-refractivity contribution in [2.24, 2.45) is 4.99 Å². The van der Waals surface area contributed by atoms with Crippen LogP contribution in [0.25, 0.3) is 6.08 Å². The van der Waals surface area contributed by atoms with Crippen LogP contribution in [0.1, 0.15) is 47.7 Å². The summed E-state index contributed by atoms with van der Waals surface area (Å²) in [5.41, 5.74) is 5.26. The molecule has 0 radical (unpaired) electrons. The molecule has 9 heteroatoms. The predicted molar refractivity (Wildman–Crippen MR) is 167 cm³/mol. The van der Waals surface area contributed by atoms with E-state index in [0.717, 1.165) is 33.6 Å². The first-order valence-electron chi connectivity index (χ1n) is 13.9. The number of hydrogen-bond acceptors (Lipinski definition) is 8. The second-order valence-corrected chi connectivity index (χ2v) is 11.3. The fourth-order valence-electron chi connectivity index (χ4n) is 5.22. The lowest BCUT2D eigenvalue weighted by Gasteiger charge is -2.24. The zero-order valence-electron chi connectivity index (χ0n) is 25.1. The highest BCUT2D eigenvalue weighted by Crippen LogP contribution is 2.32. The number of allylic oxidation sites excluding steroid dienone is 1. The lowest BCUT2D eigenvalue weighted by Crippen LogP contribution is -2.39. The Labute approximate surface area is 254 Å². The minimum Gasteiger partial charge on any atom is -0.497 e. The summed E-state index contributed by atoms with van der Waals surface area (Å²) in [6.07, 6.45) is 1.83. The van der Waals surface area contributed by atoms with Crippen LogP contribution >= 0.6 is 11.3 Å². The molecule has 1 aromatic heterocycles. The Bertz CT molecular complexity index is 1870. The molecule has 8 nitrogen and oxygen atoms in total. The van der Waals surface area contributed by atoms with Crippen LogP contribution < -0.4 is 29.1 Å². The molecular formula is C34H34N2O6S. The van der Waals surface area contributed by atoms with Crippen LogP contribution in [0.3, 0.4) is 0 Å². The van der Waals surface area contributed by atoms with Gasteiger partial charge in [-0.25, -0.2) is 9.79 Å². The van der Waals surface area contributed by atoms with E-state index in [1.165, 1.54) is 11.3 Å². The Morgan fingerprint density at radius 2 is 1.67 bits per heavy atom. The SMILES string of the molecule is CCOC(=O)C1=C(C)N=c2sc(=Cc3ccc(OC)c(COc4cc(C)cc(C)c4)c3)c(=O)n2C1c1ccc(OC)cc1. The normalized spacial score (nSPS) is 14.7. The van der Waals surface area contributed by atoms with Gasteiger partial charge in [-0.2, -0.15) is 0 Å². The van der Waals surface area contributed by atoms with Crippen LogP contribution in [0.2, 0.25) is 0 Å². The first kappa shape index (κ1) is 29.8. The van der Waals surface area contributed by atoms with Gasteiger partial charge in [0.05, 0.1) is 42.7 Å². The second kappa shape index (κ2) is 12.7. The van der Waals surface area contributed by atoms with E-state index in [4.69, 9.17) is 18.9 Å². The Kier molecular flexibility index (Phi) is 8.82. The number of carbonyl (C=O) groups excluding carboxylic acids is 1. The third kappa shape index (κ3) is 6.27. The molecule has 1 unspecified atom stereocenters. The quantitative estimate of drug-likeness (QED) is 0.252. The van der Waals surface area contributed by atoms with E-state index in [1.54, 1.807) is 32.6 Å². The van der Waals surface area contributed by atoms with E-state index in [0.29, 0.717) is 38.7 Å². The van der Waals surface area contributed by atoms with Gasteiger partial charge >= 0.3 is 5.97 Å². The number of fused-ring (bicyclic) bond motifs is 1. The van der Waals surface area contributed by atoms with Gasteiger partial charge in [-0.3, -0.25) is 9.36 Å². The van der Waals surface area contributed by atoms with Crippen molar-refractivity contribution in [2.45, 2.75) is 40.3 Å². The number of carbonyl (C=O) groups is 1. The molecule has 1 aliphatic rings. The summed E-state index contributed by atoms with van der Waals surface area (Å²) in [5.74, 6) is 1.65. The largest absolute Gasteiger partial charge is 0.497 e. The fraction of sp³-hybridized carbons (Fsp3) is 0.265. The lowest BCUT2D eigenvalue weighted by molar-refractivity contribution is -0.139. The average molecular weight is 599 g/mol. The number of benzene rings is 3. The highest BCUT2D eigenvalue weighted by molar-refractivity contribution is 7.07. The summed E-state index contributed by atoms with van der Waals surface area (Å²) in [6, 6.07) is 18.4. The third-order valence-electron chi connectivity index (χ3n) is 7.14. The third-order valence-corrected chi connectivity index (χ3v) is 8.12. The zero-order chi connectivity index (χ0) is 30.7. The Morgan fingerprint density at radius 1 is 0.953 bits per heavy atom. The maximum absolute atomic E-state index is 14.0. The molecule has 0 saturated carbocycles. The van der Waals surface area contributed by atoms with E-state index >= 15 is 0 Å². The second-order valence-electron chi connectivity index (χ2n) is 10.3. The minimum absolute atomic E-state index is 0.211. The van der Waals surface area contributed by atoms with Gasteiger partial charge in [0.2, 0.25) is 0 Å². The molecule has 43 heavy (non-hydrogen) atoms. The van der Waals surface area contributed by atoms with E-state index < -0.39 is 12.0 Å². The Balaban J connectivity index is 1.57. The van der Waals surface area contributed by atoms with Gasteiger partial charge in [-0.15, -0.1) is 0 Å². The maximum atomic E-state index is 14.0. The van der Waals surface area contributed by atoms with Crippen molar-refractivity contribution < 1.29 is 23.7 Å². The van der Waals surface area contributed by atoms with Gasteiger partial charge in [0.25, 0.3) is 5.56 Å². The van der Waals surface area contributed by atoms with Gasteiger partial charge < -0.3 is 18.9 Å². The number of aromatic nitrogens is 1. The molecule has 0 aliphatic carbocycles. The molecule has 0 amide bonds. The number of esters is 1. The van der Waals surface area contributed by atoms with Crippen molar-refractivity contribution >= 4 is 23.4 Å². The topological polar surface area (TPSA) is 88.4 Å². The number of methoxy groups -OCH3 is 2. The summed E-state index contributed by atoms with van der Waals surface area (Å²) in [7, 11) is 3.21. The molecule has 0 bridgehead atoms. The fourth-order valence-corrected chi connectivity index (χ4v) is 6.27. The summed E-state index contributed by atoms with van der Waals surface area (Å²) >= 11 is 1.28. The van der Waals surface area contributed by atoms with Crippen LogP contribution in [-0.2, 0) is 16.1 Å². The molecule has 0 fully saturated rings.